The van der Waals surface area contributed by atoms with Crippen molar-refractivity contribution in [3.63, 3.8) is 0 Å². The van der Waals surface area contributed by atoms with Gasteiger partial charge in [0.15, 0.2) is 0 Å². The van der Waals surface area contributed by atoms with Gasteiger partial charge in [0.1, 0.15) is 5.82 Å². The Labute approximate surface area is 131 Å². The molecule has 0 bridgehead atoms. The van der Waals surface area contributed by atoms with E-state index in [9.17, 15) is 5.11 Å². The van der Waals surface area contributed by atoms with Crippen LogP contribution in [-0.2, 0) is 13.2 Å². The first-order chi connectivity index (χ1) is 9.99. The van der Waals surface area contributed by atoms with Crippen molar-refractivity contribution in [3.05, 3.63) is 58.2 Å². The van der Waals surface area contributed by atoms with Crippen LogP contribution in [0.1, 0.15) is 36.6 Å². The van der Waals surface area contributed by atoms with E-state index in [1.807, 2.05) is 43.4 Å². The zero-order valence-electron chi connectivity index (χ0n) is 12.7. The Balaban J connectivity index is 2.25. The number of halogens is 1. The summed E-state index contributed by atoms with van der Waals surface area (Å²) < 4.78 is 0. The summed E-state index contributed by atoms with van der Waals surface area (Å²) in [6.45, 7) is 4.95. The van der Waals surface area contributed by atoms with Crippen LogP contribution in [-0.4, -0.2) is 17.1 Å². The lowest BCUT2D eigenvalue weighted by Crippen LogP contribution is -2.18. The number of aliphatic hydroxyl groups is 1. The van der Waals surface area contributed by atoms with Gasteiger partial charge in [0, 0.05) is 24.3 Å². The summed E-state index contributed by atoms with van der Waals surface area (Å²) in [6, 6.07) is 11.7. The number of benzene rings is 1. The molecule has 2 rings (SSSR count). The van der Waals surface area contributed by atoms with Crippen LogP contribution in [0.15, 0.2) is 36.4 Å². The molecule has 21 heavy (non-hydrogen) atoms. The number of aromatic nitrogens is 1. The molecule has 0 unspecified atom stereocenters. The third-order valence-corrected chi connectivity index (χ3v) is 3.60. The Hall–Kier alpha value is -1.58. The largest absolute Gasteiger partial charge is 0.392 e. The number of hydrogen-bond acceptors (Lipinski definition) is 3. The fourth-order valence-electron chi connectivity index (χ4n) is 2.17. The van der Waals surface area contributed by atoms with Gasteiger partial charge in [-0.1, -0.05) is 37.6 Å². The molecule has 112 valence electrons. The first-order valence-electron chi connectivity index (χ1n) is 7.07. The molecule has 3 nitrogen and oxygen atoms in total. The van der Waals surface area contributed by atoms with Crippen molar-refractivity contribution in [2.24, 2.45) is 0 Å². The van der Waals surface area contributed by atoms with Crippen molar-refractivity contribution >= 4 is 17.4 Å². The van der Waals surface area contributed by atoms with E-state index in [2.05, 4.69) is 23.7 Å². The second-order valence-corrected chi connectivity index (χ2v) is 5.99. The maximum absolute atomic E-state index is 9.41. The predicted octanol–water partition coefficient (Wildman–Crippen LogP) is 3.99. The van der Waals surface area contributed by atoms with E-state index in [0.717, 1.165) is 34.2 Å². The third-order valence-electron chi connectivity index (χ3n) is 3.37. The normalized spacial score (nSPS) is 11.0. The summed E-state index contributed by atoms with van der Waals surface area (Å²) in [5.41, 5.74) is 3.02. The SMILES string of the molecule is CC(C)c1cc(CO)cc(N(C)Cc2cccc(Cl)c2)n1. The van der Waals surface area contributed by atoms with Gasteiger partial charge in [-0.2, -0.15) is 0 Å². The Morgan fingerprint density at radius 2 is 1.95 bits per heavy atom. The topological polar surface area (TPSA) is 36.4 Å². The third kappa shape index (κ3) is 4.19. The van der Waals surface area contributed by atoms with Gasteiger partial charge in [0.2, 0.25) is 0 Å². The van der Waals surface area contributed by atoms with Crippen molar-refractivity contribution in [3.8, 4) is 0 Å². The highest BCUT2D eigenvalue weighted by atomic mass is 35.5. The zero-order valence-corrected chi connectivity index (χ0v) is 13.4. The molecule has 1 heterocycles. The van der Waals surface area contributed by atoms with E-state index in [1.54, 1.807) is 0 Å². The molecule has 4 heteroatoms. The average Bonchev–Trinajstić information content (AvgIpc) is 2.46. The second-order valence-electron chi connectivity index (χ2n) is 5.56. The van der Waals surface area contributed by atoms with E-state index in [1.165, 1.54) is 0 Å². The van der Waals surface area contributed by atoms with Crippen LogP contribution in [0.4, 0.5) is 5.82 Å². The Kier molecular flexibility index (Phi) is 5.21. The first-order valence-corrected chi connectivity index (χ1v) is 7.44. The molecule has 0 aliphatic carbocycles. The van der Waals surface area contributed by atoms with Gasteiger partial charge in [0.05, 0.1) is 6.61 Å². The summed E-state index contributed by atoms with van der Waals surface area (Å²) in [5, 5.41) is 10.1. The van der Waals surface area contributed by atoms with Crippen LogP contribution in [0.2, 0.25) is 5.02 Å². The molecular formula is C17H21ClN2O. The van der Waals surface area contributed by atoms with Crippen LogP contribution < -0.4 is 4.90 Å². The highest BCUT2D eigenvalue weighted by Gasteiger charge is 2.10. The average molecular weight is 305 g/mol. The van der Waals surface area contributed by atoms with Crippen LogP contribution in [0.5, 0.6) is 0 Å². The van der Waals surface area contributed by atoms with E-state index in [0.29, 0.717) is 5.92 Å². The van der Waals surface area contributed by atoms with Crippen molar-refractivity contribution in [2.45, 2.75) is 32.9 Å². The summed E-state index contributed by atoms with van der Waals surface area (Å²) in [5.74, 6) is 1.19. The lowest BCUT2D eigenvalue weighted by atomic mass is 10.1. The summed E-state index contributed by atoms with van der Waals surface area (Å²) in [7, 11) is 1.99. The van der Waals surface area contributed by atoms with Crippen molar-refractivity contribution in [1.29, 1.82) is 0 Å². The second kappa shape index (κ2) is 6.92. The molecule has 0 saturated heterocycles. The molecule has 0 fully saturated rings. The van der Waals surface area contributed by atoms with E-state index >= 15 is 0 Å². The maximum atomic E-state index is 9.41. The van der Waals surface area contributed by atoms with Crippen LogP contribution >= 0.6 is 11.6 Å². The van der Waals surface area contributed by atoms with Gasteiger partial charge in [-0.05, 0) is 41.3 Å². The molecular weight excluding hydrogens is 284 g/mol. The molecule has 0 saturated carbocycles. The molecule has 2 aromatic rings. The van der Waals surface area contributed by atoms with Crippen molar-refractivity contribution in [2.75, 3.05) is 11.9 Å². The minimum Gasteiger partial charge on any atom is -0.392 e. The van der Waals surface area contributed by atoms with E-state index in [-0.39, 0.29) is 6.61 Å². The maximum Gasteiger partial charge on any atom is 0.129 e. The molecule has 0 atom stereocenters. The Bertz CT molecular complexity index is 613. The molecule has 1 aromatic carbocycles. The number of nitrogens with zero attached hydrogens (tertiary/aromatic N) is 2. The molecule has 0 aliphatic rings. The Morgan fingerprint density at radius 1 is 1.19 bits per heavy atom. The van der Waals surface area contributed by atoms with Gasteiger partial charge in [-0.25, -0.2) is 4.98 Å². The number of hydrogen-bond donors (Lipinski definition) is 1. The van der Waals surface area contributed by atoms with Crippen molar-refractivity contribution in [1.82, 2.24) is 4.98 Å². The van der Waals surface area contributed by atoms with Crippen LogP contribution in [0.25, 0.3) is 0 Å². The van der Waals surface area contributed by atoms with Gasteiger partial charge >= 0.3 is 0 Å². The number of pyridine rings is 1. The Morgan fingerprint density at radius 3 is 2.57 bits per heavy atom. The van der Waals surface area contributed by atoms with E-state index in [4.69, 9.17) is 11.6 Å². The van der Waals surface area contributed by atoms with Crippen LogP contribution in [0.3, 0.4) is 0 Å². The van der Waals surface area contributed by atoms with Crippen molar-refractivity contribution < 1.29 is 5.11 Å². The minimum atomic E-state index is 0.0280. The summed E-state index contributed by atoms with van der Waals surface area (Å²) >= 11 is 6.02. The standard InChI is InChI=1S/C17H21ClN2O/c1-12(2)16-8-14(11-21)9-17(19-16)20(3)10-13-5-4-6-15(18)7-13/h4-9,12,21H,10-11H2,1-3H3. The fraction of sp³-hybridized carbons (Fsp3) is 0.353. The van der Waals surface area contributed by atoms with Crippen LogP contribution in [0, 0.1) is 0 Å². The highest BCUT2D eigenvalue weighted by Crippen LogP contribution is 2.21. The van der Waals surface area contributed by atoms with Gasteiger partial charge in [0.25, 0.3) is 0 Å². The summed E-state index contributed by atoms with van der Waals surface area (Å²) in [6.07, 6.45) is 0. The lowest BCUT2D eigenvalue weighted by molar-refractivity contribution is 0.281. The molecule has 0 radical (unpaired) electrons. The minimum absolute atomic E-state index is 0.0280. The van der Waals surface area contributed by atoms with Gasteiger partial charge in [-0.15, -0.1) is 0 Å². The van der Waals surface area contributed by atoms with Gasteiger partial charge in [-0.3, -0.25) is 0 Å². The van der Waals surface area contributed by atoms with E-state index < -0.39 is 0 Å². The molecule has 0 spiro atoms. The summed E-state index contributed by atoms with van der Waals surface area (Å²) in [4.78, 5) is 6.75. The molecule has 1 aromatic heterocycles. The smallest absolute Gasteiger partial charge is 0.129 e. The highest BCUT2D eigenvalue weighted by molar-refractivity contribution is 6.30. The monoisotopic (exact) mass is 304 g/mol. The first kappa shape index (κ1) is 15.8. The quantitative estimate of drug-likeness (QED) is 0.907. The number of rotatable bonds is 5. The molecule has 0 amide bonds. The zero-order chi connectivity index (χ0) is 15.4. The number of anilines is 1. The van der Waals surface area contributed by atoms with Gasteiger partial charge < -0.3 is 10.0 Å². The fourth-order valence-corrected chi connectivity index (χ4v) is 2.38. The molecule has 1 N–H and O–H groups in total. The molecule has 0 aliphatic heterocycles. The predicted molar refractivity (Wildman–Crippen MR) is 87.8 cm³/mol. The lowest BCUT2D eigenvalue weighted by Gasteiger charge is -2.21. The number of aliphatic hydroxyl groups excluding tert-OH is 1.